The van der Waals surface area contributed by atoms with Crippen LogP contribution in [0.3, 0.4) is 0 Å². The minimum Gasteiger partial charge on any atom is -0.319 e. The van der Waals surface area contributed by atoms with Gasteiger partial charge in [0.15, 0.2) is 0 Å². The van der Waals surface area contributed by atoms with Crippen molar-refractivity contribution in [3.8, 4) is 0 Å². The molecule has 0 radical (unpaired) electrons. The number of nitrogens with zero attached hydrogens (tertiary/aromatic N) is 1. The largest absolute Gasteiger partial charge is 0.319 e. The highest BCUT2D eigenvalue weighted by molar-refractivity contribution is 6.05. The second-order valence-corrected chi connectivity index (χ2v) is 3.60. The lowest BCUT2D eigenvalue weighted by Gasteiger charge is -2.12. The number of rotatable bonds is 2. The maximum atomic E-state index is 11.3. The summed E-state index contributed by atoms with van der Waals surface area (Å²) in [7, 11) is 0. The molecular weight excluding hydrogens is 156 g/mol. The Morgan fingerprint density at radius 3 is 2.50 bits per heavy atom. The van der Waals surface area contributed by atoms with Crippen molar-refractivity contribution in [3.05, 3.63) is 0 Å². The van der Waals surface area contributed by atoms with Crippen molar-refractivity contribution in [2.24, 2.45) is 11.7 Å². The predicted molar refractivity (Wildman–Crippen MR) is 42.0 cm³/mol. The van der Waals surface area contributed by atoms with Crippen LogP contribution in [0.5, 0.6) is 0 Å². The topological polar surface area (TPSA) is 63.4 Å². The normalized spacial score (nSPS) is 30.1. The Bertz CT molecular complexity index is 235. The van der Waals surface area contributed by atoms with Gasteiger partial charge in [0, 0.05) is 6.54 Å². The van der Waals surface area contributed by atoms with Gasteiger partial charge in [-0.15, -0.1) is 0 Å². The van der Waals surface area contributed by atoms with Gasteiger partial charge in [-0.25, -0.2) is 0 Å². The van der Waals surface area contributed by atoms with Gasteiger partial charge in [0.05, 0.1) is 12.5 Å². The molecule has 1 aliphatic heterocycles. The van der Waals surface area contributed by atoms with E-state index in [2.05, 4.69) is 0 Å². The molecular formula is C8H12N2O2. The van der Waals surface area contributed by atoms with E-state index in [4.69, 9.17) is 5.73 Å². The third-order valence-electron chi connectivity index (χ3n) is 2.42. The molecule has 4 nitrogen and oxygen atoms in total. The van der Waals surface area contributed by atoms with Gasteiger partial charge in [0.2, 0.25) is 11.8 Å². The summed E-state index contributed by atoms with van der Waals surface area (Å²) in [5, 5.41) is 0. The summed E-state index contributed by atoms with van der Waals surface area (Å²) in [6.07, 6.45) is 2.49. The maximum absolute atomic E-state index is 11.3. The summed E-state index contributed by atoms with van der Waals surface area (Å²) in [6.45, 7) is 0.603. The number of hydrogen-bond donors (Lipinski definition) is 1. The number of imide groups is 1. The Morgan fingerprint density at radius 1 is 1.42 bits per heavy atom. The first kappa shape index (κ1) is 7.73. The summed E-state index contributed by atoms with van der Waals surface area (Å²) in [5.74, 6) is 0.273. The minimum absolute atomic E-state index is 0.0978. The fraction of sp³-hybridized carbons (Fsp3) is 0.750. The number of amides is 2. The van der Waals surface area contributed by atoms with Gasteiger partial charge < -0.3 is 5.73 Å². The average Bonchev–Trinajstić information content (AvgIpc) is 2.77. The van der Waals surface area contributed by atoms with Crippen LogP contribution in [0, 0.1) is 5.92 Å². The molecule has 66 valence electrons. The summed E-state index contributed by atoms with van der Waals surface area (Å²) in [5.41, 5.74) is 5.44. The maximum Gasteiger partial charge on any atom is 0.246 e. The number of likely N-dealkylation sites (tertiary alicyclic amines) is 1. The van der Waals surface area contributed by atoms with E-state index in [1.54, 1.807) is 0 Å². The first-order valence-electron chi connectivity index (χ1n) is 4.28. The van der Waals surface area contributed by atoms with Crippen LogP contribution < -0.4 is 5.73 Å². The molecule has 12 heavy (non-hydrogen) atoms. The number of carbonyl (C=O) groups is 2. The highest BCUT2D eigenvalue weighted by atomic mass is 16.2. The smallest absolute Gasteiger partial charge is 0.246 e. The van der Waals surface area contributed by atoms with Crippen molar-refractivity contribution >= 4 is 11.8 Å². The third-order valence-corrected chi connectivity index (χ3v) is 2.42. The van der Waals surface area contributed by atoms with Crippen molar-refractivity contribution < 1.29 is 9.59 Å². The van der Waals surface area contributed by atoms with Crippen molar-refractivity contribution in [2.75, 3.05) is 6.54 Å². The zero-order valence-electron chi connectivity index (χ0n) is 6.82. The van der Waals surface area contributed by atoms with Crippen LogP contribution in [0.2, 0.25) is 0 Å². The van der Waals surface area contributed by atoms with E-state index in [0.717, 1.165) is 12.8 Å². The molecule has 1 heterocycles. The van der Waals surface area contributed by atoms with Gasteiger partial charge >= 0.3 is 0 Å². The van der Waals surface area contributed by atoms with Gasteiger partial charge in [-0.1, -0.05) is 0 Å². The fourth-order valence-electron chi connectivity index (χ4n) is 1.46. The van der Waals surface area contributed by atoms with Crippen LogP contribution >= 0.6 is 0 Å². The molecule has 0 bridgehead atoms. The SMILES string of the molecule is NC1CC(=O)N(CC2CC2)C1=O. The van der Waals surface area contributed by atoms with E-state index in [-0.39, 0.29) is 18.2 Å². The molecule has 1 unspecified atom stereocenters. The van der Waals surface area contributed by atoms with Gasteiger partial charge in [-0.2, -0.15) is 0 Å². The van der Waals surface area contributed by atoms with Crippen molar-refractivity contribution in [3.63, 3.8) is 0 Å². The summed E-state index contributed by atoms with van der Waals surface area (Å²) < 4.78 is 0. The lowest BCUT2D eigenvalue weighted by Crippen LogP contribution is -2.36. The zero-order chi connectivity index (χ0) is 8.72. The van der Waals surface area contributed by atoms with Gasteiger partial charge in [-0.3, -0.25) is 14.5 Å². The Morgan fingerprint density at radius 2 is 2.08 bits per heavy atom. The quantitative estimate of drug-likeness (QED) is 0.564. The van der Waals surface area contributed by atoms with Crippen LogP contribution in [-0.4, -0.2) is 29.3 Å². The van der Waals surface area contributed by atoms with Gasteiger partial charge in [0.1, 0.15) is 0 Å². The van der Waals surface area contributed by atoms with E-state index >= 15 is 0 Å². The molecule has 2 rings (SSSR count). The molecule has 1 aliphatic carbocycles. The first-order chi connectivity index (χ1) is 5.68. The molecule has 2 N–H and O–H groups in total. The Labute approximate surface area is 70.7 Å². The summed E-state index contributed by atoms with van der Waals surface area (Å²) in [4.78, 5) is 23.8. The van der Waals surface area contributed by atoms with E-state index in [1.807, 2.05) is 0 Å². The van der Waals surface area contributed by atoms with Crippen LogP contribution in [-0.2, 0) is 9.59 Å². The Kier molecular flexibility index (Phi) is 1.65. The third kappa shape index (κ3) is 1.22. The number of nitrogens with two attached hydrogens (primary N) is 1. The minimum atomic E-state index is -0.573. The van der Waals surface area contributed by atoms with Gasteiger partial charge in [-0.05, 0) is 18.8 Å². The lowest BCUT2D eigenvalue weighted by atomic mass is 10.3. The van der Waals surface area contributed by atoms with Crippen molar-refractivity contribution in [2.45, 2.75) is 25.3 Å². The molecule has 0 spiro atoms. The summed E-state index contributed by atoms with van der Waals surface area (Å²) in [6, 6.07) is -0.573. The van der Waals surface area contributed by atoms with Crippen molar-refractivity contribution in [1.82, 2.24) is 4.90 Å². The molecule has 0 aromatic carbocycles. The standard InChI is InChI=1S/C8H12N2O2/c9-6-3-7(11)10(8(6)12)4-5-1-2-5/h5-6H,1-4,9H2. The van der Waals surface area contributed by atoms with Crippen LogP contribution in [0.25, 0.3) is 0 Å². The van der Waals surface area contributed by atoms with E-state index in [1.165, 1.54) is 4.90 Å². The monoisotopic (exact) mass is 168 g/mol. The zero-order valence-corrected chi connectivity index (χ0v) is 6.82. The molecule has 4 heteroatoms. The first-order valence-corrected chi connectivity index (χ1v) is 4.28. The van der Waals surface area contributed by atoms with E-state index in [0.29, 0.717) is 12.5 Å². The molecule has 2 fully saturated rings. The van der Waals surface area contributed by atoms with Crippen LogP contribution in [0.15, 0.2) is 0 Å². The van der Waals surface area contributed by atoms with Crippen molar-refractivity contribution in [1.29, 1.82) is 0 Å². The lowest BCUT2D eigenvalue weighted by molar-refractivity contribution is -0.138. The average molecular weight is 168 g/mol. The number of hydrogen-bond acceptors (Lipinski definition) is 3. The van der Waals surface area contributed by atoms with Gasteiger partial charge in [0.25, 0.3) is 0 Å². The van der Waals surface area contributed by atoms with Crippen LogP contribution in [0.4, 0.5) is 0 Å². The Balaban J connectivity index is 2.02. The molecule has 0 aromatic rings. The van der Waals surface area contributed by atoms with Crippen LogP contribution in [0.1, 0.15) is 19.3 Å². The molecule has 1 saturated carbocycles. The molecule has 0 aromatic heterocycles. The van der Waals surface area contributed by atoms with E-state index in [9.17, 15) is 9.59 Å². The molecule has 1 atom stereocenters. The molecule has 2 aliphatic rings. The second-order valence-electron chi connectivity index (χ2n) is 3.60. The second kappa shape index (κ2) is 2.55. The Hall–Kier alpha value is -0.900. The predicted octanol–water partition coefficient (Wildman–Crippen LogP) is -0.517. The molecule has 2 amide bonds. The highest BCUT2D eigenvalue weighted by Gasteiger charge is 2.38. The molecule has 1 saturated heterocycles. The summed E-state index contributed by atoms with van der Waals surface area (Å²) >= 11 is 0. The highest BCUT2D eigenvalue weighted by Crippen LogP contribution is 2.31. The van der Waals surface area contributed by atoms with E-state index < -0.39 is 6.04 Å². The fourth-order valence-corrected chi connectivity index (χ4v) is 1.46. The number of carbonyl (C=O) groups excluding carboxylic acids is 2.